The van der Waals surface area contributed by atoms with Crippen molar-refractivity contribution in [2.24, 2.45) is 0 Å². The summed E-state index contributed by atoms with van der Waals surface area (Å²) >= 11 is 0. The van der Waals surface area contributed by atoms with Crippen molar-refractivity contribution >= 4 is 11.5 Å². The second-order valence-electron chi connectivity index (χ2n) is 8.56. The van der Waals surface area contributed by atoms with E-state index in [1.54, 1.807) is 26.5 Å². The summed E-state index contributed by atoms with van der Waals surface area (Å²) in [6.45, 7) is 4.25. The van der Waals surface area contributed by atoms with Gasteiger partial charge in [-0.15, -0.1) is 0 Å². The van der Waals surface area contributed by atoms with E-state index in [2.05, 4.69) is 23.3 Å². The Morgan fingerprint density at radius 1 is 1.06 bits per heavy atom. The predicted molar refractivity (Wildman–Crippen MR) is 140 cm³/mol. The molecule has 0 unspecified atom stereocenters. The van der Waals surface area contributed by atoms with Crippen LogP contribution < -0.4 is 14.8 Å². The molecule has 0 aliphatic heterocycles. The van der Waals surface area contributed by atoms with Crippen molar-refractivity contribution < 1.29 is 14.3 Å². The fraction of sp³-hybridized carbons (Fsp3) is 0.448. The summed E-state index contributed by atoms with van der Waals surface area (Å²) in [5.74, 6) is 1.48. The molecule has 1 heterocycles. The lowest BCUT2D eigenvalue weighted by molar-refractivity contribution is -0.117. The third-order valence-electron chi connectivity index (χ3n) is 5.81. The molecular weight excluding hydrogens is 424 g/mol. The number of pyridine rings is 1. The molecule has 1 atom stereocenters. The molecule has 0 aliphatic rings. The van der Waals surface area contributed by atoms with E-state index in [1.807, 2.05) is 49.5 Å². The number of methoxy groups -OCH3 is 2. The summed E-state index contributed by atoms with van der Waals surface area (Å²) in [5, 5.41) is 3.06. The van der Waals surface area contributed by atoms with Gasteiger partial charge in [0.05, 0.1) is 19.8 Å². The van der Waals surface area contributed by atoms with Crippen LogP contribution in [0.2, 0.25) is 0 Å². The number of rotatable bonds is 15. The quantitative estimate of drug-likeness (QED) is 0.185. The number of nitrogens with zero attached hydrogens (tertiary/aromatic N) is 1. The highest BCUT2D eigenvalue weighted by atomic mass is 16.5. The van der Waals surface area contributed by atoms with Crippen molar-refractivity contribution in [1.29, 1.82) is 0 Å². The zero-order valence-corrected chi connectivity index (χ0v) is 21.2. The van der Waals surface area contributed by atoms with Gasteiger partial charge in [-0.3, -0.25) is 9.78 Å². The molecule has 184 valence electrons. The van der Waals surface area contributed by atoms with Crippen molar-refractivity contribution in [2.45, 2.75) is 71.3 Å². The third kappa shape index (κ3) is 9.42. The van der Waals surface area contributed by atoms with Crippen LogP contribution in [0.3, 0.4) is 0 Å². The lowest BCUT2D eigenvalue weighted by atomic mass is 9.97. The first-order chi connectivity index (χ1) is 16.6. The van der Waals surface area contributed by atoms with E-state index in [4.69, 9.17) is 9.47 Å². The Balaban J connectivity index is 2.01. The fourth-order valence-electron chi connectivity index (χ4n) is 3.97. The van der Waals surface area contributed by atoms with E-state index in [1.165, 1.54) is 24.8 Å². The Morgan fingerprint density at radius 3 is 2.47 bits per heavy atom. The van der Waals surface area contributed by atoms with Crippen LogP contribution >= 0.6 is 0 Å². The van der Waals surface area contributed by atoms with Crippen molar-refractivity contribution in [1.82, 2.24) is 10.3 Å². The number of benzene rings is 1. The van der Waals surface area contributed by atoms with Gasteiger partial charge < -0.3 is 14.8 Å². The van der Waals surface area contributed by atoms with Gasteiger partial charge in [0.15, 0.2) is 0 Å². The summed E-state index contributed by atoms with van der Waals surface area (Å²) in [7, 11) is 3.35. The summed E-state index contributed by atoms with van der Waals surface area (Å²) in [4.78, 5) is 16.6. The molecule has 0 aliphatic carbocycles. The molecule has 0 saturated carbocycles. The van der Waals surface area contributed by atoms with Gasteiger partial charge in [0.25, 0.3) is 0 Å². The van der Waals surface area contributed by atoms with Gasteiger partial charge in [0.1, 0.15) is 11.5 Å². The average molecular weight is 465 g/mol. The molecule has 1 N–H and O–H groups in total. The highest BCUT2D eigenvalue weighted by Crippen LogP contribution is 2.37. The monoisotopic (exact) mass is 464 g/mol. The van der Waals surface area contributed by atoms with Crippen molar-refractivity contribution in [2.75, 3.05) is 14.2 Å². The first kappa shape index (κ1) is 27.2. The first-order valence-corrected chi connectivity index (χ1v) is 12.4. The molecule has 0 radical (unpaired) electrons. The molecule has 2 rings (SSSR count). The van der Waals surface area contributed by atoms with Crippen LogP contribution in [-0.4, -0.2) is 31.2 Å². The van der Waals surface area contributed by atoms with Gasteiger partial charge in [-0.05, 0) is 68.4 Å². The largest absolute Gasteiger partial charge is 0.496 e. The molecule has 1 aromatic carbocycles. The minimum Gasteiger partial charge on any atom is -0.496 e. The number of allylic oxidation sites excluding steroid dienone is 3. The van der Waals surface area contributed by atoms with Crippen LogP contribution in [0, 0.1) is 0 Å². The van der Waals surface area contributed by atoms with Gasteiger partial charge in [0, 0.05) is 24.5 Å². The smallest absolute Gasteiger partial charge is 0.244 e. The minimum absolute atomic E-state index is 0.0811. The maximum Gasteiger partial charge on any atom is 0.244 e. The number of aryl methyl sites for hydroxylation is 1. The van der Waals surface area contributed by atoms with Crippen molar-refractivity contribution in [3.05, 3.63) is 72.1 Å². The normalized spacial score (nSPS) is 12.5. The van der Waals surface area contributed by atoms with Gasteiger partial charge in [-0.25, -0.2) is 0 Å². The number of carbonyl (C=O) groups is 1. The number of hydrogen-bond donors (Lipinski definition) is 1. The highest BCUT2D eigenvalue weighted by molar-refractivity contribution is 5.88. The molecule has 0 saturated heterocycles. The molecule has 0 bridgehead atoms. The maximum absolute atomic E-state index is 12.5. The SMILES string of the molecule is CCCCCC/C(=C\C=C\C(=O)N[C@H](C)CCCc1cccnc1)c1c(OC)cccc1OC. The Labute approximate surface area is 205 Å². The summed E-state index contributed by atoms with van der Waals surface area (Å²) in [6.07, 6.45) is 17.6. The average Bonchev–Trinajstić information content (AvgIpc) is 2.85. The summed E-state index contributed by atoms with van der Waals surface area (Å²) < 4.78 is 11.2. The zero-order chi connectivity index (χ0) is 24.6. The van der Waals surface area contributed by atoms with E-state index in [9.17, 15) is 4.79 Å². The van der Waals surface area contributed by atoms with Crippen LogP contribution in [0.1, 0.15) is 69.9 Å². The molecular formula is C29H40N2O3. The summed E-state index contributed by atoms with van der Waals surface area (Å²) in [6, 6.07) is 9.97. The number of ether oxygens (including phenoxy) is 2. The van der Waals surface area contributed by atoms with Gasteiger partial charge in [-0.2, -0.15) is 0 Å². The van der Waals surface area contributed by atoms with Gasteiger partial charge >= 0.3 is 0 Å². The van der Waals surface area contributed by atoms with Crippen LogP contribution in [0.4, 0.5) is 0 Å². The number of aromatic nitrogens is 1. The molecule has 2 aromatic rings. The molecule has 0 spiro atoms. The Hall–Kier alpha value is -3.08. The van der Waals surface area contributed by atoms with E-state index >= 15 is 0 Å². The number of unbranched alkanes of at least 4 members (excludes halogenated alkanes) is 3. The molecule has 0 fully saturated rings. The molecule has 5 heteroatoms. The first-order valence-electron chi connectivity index (χ1n) is 12.4. The lowest BCUT2D eigenvalue weighted by Crippen LogP contribution is -2.31. The minimum atomic E-state index is -0.0811. The van der Waals surface area contributed by atoms with E-state index in [-0.39, 0.29) is 11.9 Å². The number of amides is 1. The Bertz CT molecular complexity index is 900. The fourth-order valence-corrected chi connectivity index (χ4v) is 3.97. The number of nitrogens with one attached hydrogen (secondary N) is 1. The Morgan fingerprint density at radius 2 is 1.82 bits per heavy atom. The van der Waals surface area contributed by atoms with Crippen LogP contribution in [-0.2, 0) is 11.2 Å². The van der Waals surface area contributed by atoms with Crippen LogP contribution in [0.5, 0.6) is 11.5 Å². The molecule has 5 nitrogen and oxygen atoms in total. The van der Waals surface area contributed by atoms with E-state index in [0.717, 1.165) is 54.7 Å². The lowest BCUT2D eigenvalue weighted by Gasteiger charge is -2.16. The van der Waals surface area contributed by atoms with Crippen LogP contribution in [0.25, 0.3) is 5.57 Å². The number of carbonyl (C=O) groups excluding carboxylic acids is 1. The second-order valence-corrected chi connectivity index (χ2v) is 8.56. The van der Waals surface area contributed by atoms with E-state index in [0.29, 0.717) is 0 Å². The van der Waals surface area contributed by atoms with Gasteiger partial charge in [-0.1, -0.05) is 50.5 Å². The number of hydrogen-bond acceptors (Lipinski definition) is 4. The maximum atomic E-state index is 12.5. The molecule has 34 heavy (non-hydrogen) atoms. The predicted octanol–water partition coefficient (Wildman–Crippen LogP) is 6.54. The van der Waals surface area contributed by atoms with Crippen LogP contribution in [0.15, 0.2) is 61.0 Å². The van der Waals surface area contributed by atoms with Crippen molar-refractivity contribution in [3.63, 3.8) is 0 Å². The van der Waals surface area contributed by atoms with Crippen molar-refractivity contribution in [3.8, 4) is 11.5 Å². The second kappa shape index (κ2) is 15.7. The topological polar surface area (TPSA) is 60.5 Å². The highest BCUT2D eigenvalue weighted by Gasteiger charge is 2.14. The molecule has 1 aromatic heterocycles. The zero-order valence-electron chi connectivity index (χ0n) is 21.2. The summed E-state index contributed by atoms with van der Waals surface area (Å²) in [5.41, 5.74) is 3.29. The Kier molecular flexibility index (Phi) is 12.5. The molecule has 1 amide bonds. The standard InChI is InChI=1S/C29H40N2O3/c1-5-6-7-8-16-25(29-26(33-3)18-11-19-27(29)34-4)17-10-20-28(32)31-23(2)13-9-14-24-15-12-21-30-22-24/h10-12,15,17-23H,5-9,13-14,16H2,1-4H3,(H,31,32)/b20-10+,25-17+/t23-/m1/s1. The third-order valence-corrected chi connectivity index (χ3v) is 5.81. The van der Waals surface area contributed by atoms with Gasteiger partial charge in [0.2, 0.25) is 5.91 Å². The van der Waals surface area contributed by atoms with E-state index < -0.39 is 0 Å².